The lowest BCUT2D eigenvalue weighted by atomic mass is 10.3. The third-order valence-electron chi connectivity index (χ3n) is 1.07. The predicted molar refractivity (Wildman–Crippen MR) is 43.7 cm³/mol. The first kappa shape index (κ1) is 7.04. The van der Waals surface area contributed by atoms with E-state index in [9.17, 15) is 0 Å². The summed E-state index contributed by atoms with van der Waals surface area (Å²) < 4.78 is 0. The van der Waals surface area contributed by atoms with Gasteiger partial charge >= 0.3 is 0 Å². The van der Waals surface area contributed by atoms with Gasteiger partial charge < -0.3 is 0 Å². The van der Waals surface area contributed by atoms with E-state index in [0.29, 0.717) is 0 Å². The molecule has 0 atom stereocenters. The van der Waals surface area contributed by atoms with Crippen molar-refractivity contribution < 1.29 is 0 Å². The zero-order chi connectivity index (χ0) is 7.40. The largest absolute Gasteiger partial charge is 0.193 e. The SMILES string of the molecule is Cc1csc(C=CC#N)c1. The summed E-state index contributed by atoms with van der Waals surface area (Å²) >= 11 is 1.65. The van der Waals surface area contributed by atoms with Crippen LogP contribution in [0, 0.1) is 18.3 Å². The molecule has 0 spiro atoms. The van der Waals surface area contributed by atoms with Gasteiger partial charge in [0.25, 0.3) is 0 Å². The van der Waals surface area contributed by atoms with Crippen molar-refractivity contribution in [1.29, 1.82) is 5.26 Å². The maximum absolute atomic E-state index is 8.20. The highest BCUT2D eigenvalue weighted by molar-refractivity contribution is 7.11. The summed E-state index contributed by atoms with van der Waals surface area (Å²) in [6, 6.07) is 4.01. The normalized spacial score (nSPS) is 10.0. The van der Waals surface area contributed by atoms with Crippen molar-refractivity contribution in [3.63, 3.8) is 0 Å². The summed E-state index contributed by atoms with van der Waals surface area (Å²) in [6.07, 6.45) is 3.31. The first-order valence-electron chi connectivity index (χ1n) is 2.94. The number of aryl methyl sites for hydroxylation is 1. The molecule has 0 radical (unpaired) electrons. The summed E-state index contributed by atoms with van der Waals surface area (Å²) in [6.45, 7) is 2.04. The van der Waals surface area contributed by atoms with Gasteiger partial charge in [-0.2, -0.15) is 5.26 Å². The predicted octanol–water partition coefficient (Wildman–Crippen LogP) is 2.59. The van der Waals surface area contributed by atoms with Crippen molar-refractivity contribution in [2.24, 2.45) is 0 Å². The topological polar surface area (TPSA) is 23.8 Å². The molecular weight excluding hydrogens is 142 g/mol. The molecule has 0 aliphatic heterocycles. The Morgan fingerprint density at radius 1 is 1.70 bits per heavy atom. The Labute approximate surface area is 64.2 Å². The van der Waals surface area contributed by atoms with E-state index in [1.165, 1.54) is 11.6 Å². The Bertz CT molecular complexity index is 278. The molecule has 0 unspecified atom stereocenters. The number of hydrogen-bond donors (Lipinski definition) is 0. The Morgan fingerprint density at radius 2 is 2.50 bits per heavy atom. The summed E-state index contributed by atoms with van der Waals surface area (Å²) in [7, 11) is 0. The first-order valence-corrected chi connectivity index (χ1v) is 3.82. The Hall–Kier alpha value is -1.07. The molecule has 0 saturated carbocycles. The molecule has 1 nitrogen and oxygen atoms in total. The quantitative estimate of drug-likeness (QED) is 0.563. The van der Waals surface area contributed by atoms with E-state index in [1.807, 2.05) is 19.1 Å². The van der Waals surface area contributed by atoms with Crippen LogP contribution in [0.15, 0.2) is 17.5 Å². The minimum atomic E-state index is 1.14. The molecule has 1 aromatic rings. The van der Waals surface area contributed by atoms with Gasteiger partial charge in [0.15, 0.2) is 0 Å². The zero-order valence-corrected chi connectivity index (χ0v) is 6.48. The van der Waals surface area contributed by atoms with Crippen LogP contribution < -0.4 is 0 Å². The first-order chi connectivity index (χ1) is 4.83. The average molecular weight is 149 g/mol. The molecular formula is C8H7NS. The van der Waals surface area contributed by atoms with Gasteiger partial charge in [-0.3, -0.25) is 0 Å². The Balaban J connectivity index is 2.78. The fourth-order valence-electron chi connectivity index (χ4n) is 0.660. The van der Waals surface area contributed by atoms with Crippen LogP contribution >= 0.6 is 11.3 Å². The average Bonchev–Trinajstić information content (AvgIpc) is 2.31. The molecule has 1 rings (SSSR count). The Kier molecular flexibility index (Phi) is 2.24. The second kappa shape index (κ2) is 3.19. The van der Waals surface area contributed by atoms with Crippen molar-refractivity contribution in [3.05, 3.63) is 28.0 Å². The lowest BCUT2D eigenvalue weighted by Crippen LogP contribution is -1.56. The molecule has 0 amide bonds. The van der Waals surface area contributed by atoms with Gasteiger partial charge in [-0.25, -0.2) is 0 Å². The molecule has 1 aromatic heterocycles. The molecule has 1 heterocycles. The lowest BCUT2D eigenvalue weighted by molar-refractivity contribution is 1.53. The van der Waals surface area contributed by atoms with Crippen LogP contribution in [0.3, 0.4) is 0 Å². The van der Waals surface area contributed by atoms with E-state index in [0.717, 1.165) is 4.88 Å². The smallest absolute Gasteiger partial charge is 0.0912 e. The zero-order valence-electron chi connectivity index (χ0n) is 5.66. The van der Waals surface area contributed by atoms with Crippen molar-refractivity contribution in [1.82, 2.24) is 0 Å². The highest BCUT2D eigenvalue weighted by Crippen LogP contribution is 2.14. The highest BCUT2D eigenvalue weighted by Gasteiger charge is 1.88. The number of allylic oxidation sites excluding steroid dienone is 1. The molecule has 2 heteroatoms. The molecule has 0 saturated heterocycles. The number of rotatable bonds is 1. The summed E-state index contributed by atoms with van der Waals surface area (Å²) in [4.78, 5) is 1.14. The maximum Gasteiger partial charge on any atom is 0.0912 e. The van der Waals surface area contributed by atoms with Crippen LogP contribution in [0.1, 0.15) is 10.4 Å². The van der Waals surface area contributed by atoms with Gasteiger partial charge in [0.05, 0.1) is 6.07 Å². The molecule has 0 N–H and O–H groups in total. The summed E-state index contributed by atoms with van der Waals surface area (Å²) in [5.74, 6) is 0. The van der Waals surface area contributed by atoms with Crippen LogP contribution in [-0.2, 0) is 0 Å². The van der Waals surface area contributed by atoms with Crippen LogP contribution in [0.2, 0.25) is 0 Å². The number of hydrogen-bond acceptors (Lipinski definition) is 2. The standard InChI is InChI=1S/C8H7NS/c1-7-5-8(10-6-7)3-2-4-9/h2-3,5-6H,1H3. The van der Waals surface area contributed by atoms with Crippen molar-refractivity contribution >= 4 is 17.4 Å². The van der Waals surface area contributed by atoms with Gasteiger partial charge in [0, 0.05) is 11.0 Å². The Morgan fingerprint density at radius 3 is 3.00 bits per heavy atom. The number of nitriles is 1. The molecule has 50 valence electrons. The van der Waals surface area contributed by atoms with E-state index in [-0.39, 0.29) is 0 Å². The van der Waals surface area contributed by atoms with Crippen molar-refractivity contribution in [2.45, 2.75) is 6.92 Å². The van der Waals surface area contributed by atoms with E-state index in [1.54, 1.807) is 11.3 Å². The van der Waals surface area contributed by atoms with Crippen molar-refractivity contribution in [3.8, 4) is 6.07 Å². The van der Waals surface area contributed by atoms with Crippen LogP contribution in [-0.4, -0.2) is 0 Å². The second-order valence-electron chi connectivity index (χ2n) is 1.99. The minimum Gasteiger partial charge on any atom is -0.193 e. The minimum absolute atomic E-state index is 1.14. The third kappa shape index (κ3) is 1.71. The number of thiophene rings is 1. The maximum atomic E-state index is 8.20. The van der Waals surface area contributed by atoms with Gasteiger partial charge in [0.1, 0.15) is 0 Å². The lowest BCUT2D eigenvalue weighted by Gasteiger charge is -1.75. The van der Waals surface area contributed by atoms with Gasteiger partial charge in [-0.1, -0.05) is 0 Å². The van der Waals surface area contributed by atoms with Gasteiger partial charge in [-0.05, 0) is 30.0 Å². The van der Waals surface area contributed by atoms with E-state index in [4.69, 9.17) is 5.26 Å². The van der Waals surface area contributed by atoms with Gasteiger partial charge in [0.2, 0.25) is 0 Å². The monoisotopic (exact) mass is 149 g/mol. The summed E-state index contributed by atoms with van der Waals surface area (Å²) in [5.41, 5.74) is 1.25. The fourth-order valence-corrected chi connectivity index (χ4v) is 1.45. The van der Waals surface area contributed by atoms with Crippen LogP contribution in [0.5, 0.6) is 0 Å². The molecule has 0 aromatic carbocycles. The highest BCUT2D eigenvalue weighted by atomic mass is 32.1. The molecule has 0 fully saturated rings. The van der Waals surface area contributed by atoms with Crippen molar-refractivity contribution in [2.75, 3.05) is 0 Å². The molecule has 0 bridgehead atoms. The molecule has 0 aliphatic carbocycles. The van der Waals surface area contributed by atoms with E-state index >= 15 is 0 Å². The van der Waals surface area contributed by atoms with Crippen LogP contribution in [0.4, 0.5) is 0 Å². The number of nitrogens with zero attached hydrogens (tertiary/aromatic N) is 1. The van der Waals surface area contributed by atoms with E-state index < -0.39 is 0 Å². The van der Waals surface area contributed by atoms with Crippen LogP contribution in [0.25, 0.3) is 6.08 Å². The van der Waals surface area contributed by atoms with Gasteiger partial charge in [-0.15, -0.1) is 11.3 Å². The molecule has 10 heavy (non-hydrogen) atoms. The molecule has 0 aliphatic rings. The summed E-state index contributed by atoms with van der Waals surface area (Å²) in [5, 5.41) is 10.3. The van der Waals surface area contributed by atoms with E-state index in [2.05, 4.69) is 11.4 Å². The third-order valence-corrected chi connectivity index (χ3v) is 2.09. The fraction of sp³-hybridized carbons (Fsp3) is 0.125. The second-order valence-corrected chi connectivity index (χ2v) is 2.93.